The summed E-state index contributed by atoms with van der Waals surface area (Å²) < 4.78 is 1.75. The van der Waals surface area contributed by atoms with Gasteiger partial charge in [0.15, 0.2) is 5.78 Å². The Balaban J connectivity index is 1.56. The van der Waals surface area contributed by atoms with Gasteiger partial charge in [0, 0.05) is 35.2 Å². The number of allylic oxidation sites excluding steroid dienone is 2. The molecule has 1 N–H and O–H groups in total. The molecule has 2 aromatic heterocycles. The molecule has 0 fully saturated rings. The molecule has 0 bridgehead atoms. The summed E-state index contributed by atoms with van der Waals surface area (Å²) in [4.78, 5) is 21.9. The Morgan fingerprint density at radius 3 is 2.90 bits per heavy atom. The van der Waals surface area contributed by atoms with Gasteiger partial charge in [-0.05, 0) is 31.0 Å². The maximum absolute atomic E-state index is 12.9. The van der Waals surface area contributed by atoms with E-state index in [2.05, 4.69) is 15.3 Å². The maximum Gasteiger partial charge on any atom is 0.227 e. The summed E-state index contributed by atoms with van der Waals surface area (Å²) in [6.45, 7) is 0. The van der Waals surface area contributed by atoms with E-state index in [1.807, 2.05) is 30.3 Å². The van der Waals surface area contributed by atoms with Crippen LogP contribution < -0.4 is 5.32 Å². The molecule has 0 amide bonds. The Labute approximate surface area is 187 Å². The van der Waals surface area contributed by atoms with E-state index in [1.165, 1.54) is 11.8 Å². The third-order valence-electron chi connectivity index (χ3n) is 5.20. The summed E-state index contributed by atoms with van der Waals surface area (Å²) in [6.07, 6.45) is 3.89. The Kier molecular flexibility index (Phi) is 5.26. The molecule has 0 saturated carbocycles. The van der Waals surface area contributed by atoms with Gasteiger partial charge in [0.1, 0.15) is 6.04 Å². The van der Waals surface area contributed by atoms with Crippen molar-refractivity contribution >= 4 is 46.7 Å². The number of rotatable bonds is 4. The van der Waals surface area contributed by atoms with Gasteiger partial charge in [0.25, 0.3) is 0 Å². The first-order valence-corrected chi connectivity index (χ1v) is 11.3. The predicted octanol–water partition coefficient (Wildman–Crippen LogP) is 5.29. The Bertz CT molecular complexity index is 1160. The molecule has 0 spiro atoms. The highest BCUT2D eigenvalue weighted by Gasteiger charge is 2.38. The number of benzene rings is 1. The zero-order valence-corrected chi connectivity index (χ0v) is 18.1. The van der Waals surface area contributed by atoms with Crippen LogP contribution in [0, 0.1) is 0 Å². The van der Waals surface area contributed by atoms with Crippen molar-refractivity contribution in [1.29, 1.82) is 0 Å². The standard InChI is InChI=1S/C21H17Cl2N5OS/c22-14-7-3-6-13(18(14)23)19-17-15(8-4-9-16(17)29)25-20-26-21(27-28(19)20)30-11-12-5-1-2-10-24-12/h1-3,5-7,10,19H,4,8-9,11H2,(H,25,26,27). The number of pyridine rings is 1. The van der Waals surface area contributed by atoms with Crippen molar-refractivity contribution in [3.05, 3.63) is 75.2 Å². The molecule has 0 saturated heterocycles. The number of halogens is 2. The van der Waals surface area contributed by atoms with Gasteiger partial charge in [0.05, 0.1) is 15.7 Å². The van der Waals surface area contributed by atoms with Crippen LogP contribution in [0.4, 0.5) is 5.95 Å². The third kappa shape index (κ3) is 3.51. The van der Waals surface area contributed by atoms with Gasteiger partial charge in [-0.1, -0.05) is 53.2 Å². The van der Waals surface area contributed by atoms with Crippen molar-refractivity contribution in [2.45, 2.75) is 36.2 Å². The number of nitrogens with zero attached hydrogens (tertiary/aromatic N) is 4. The number of hydrogen-bond donors (Lipinski definition) is 1. The lowest BCUT2D eigenvalue weighted by molar-refractivity contribution is -0.116. The third-order valence-corrected chi connectivity index (χ3v) is 6.90. The molecule has 1 aromatic carbocycles. The van der Waals surface area contributed by atoms with Crippen molar-refractivity contribution in [3.8, 4) is 0 Å². The second kappa shape index (κ2) is 8.06. The molecule has 30 heavy (non-hydrogen) atoms. The number of carbonyl (C=O) groups excluding carboxylic acids is 1. The topological polar surface area (TPSA) is 72.7 Å². The number of Topliss-reactive ketones (excluding diaryl/α,β-unsaturated/α-hetero) is 1. The van der Waals surface area contributed by atoms with Crippen molar-refractivity contribution in [1.82, 2.24) is 19.7 Å². The number of nitrogens with one attached hydrogen (secondary N) is 1. The molecular formula is C21H17Cl2N5OS. The van der Waals surface area contributed by atoms with E-state index in [0.29, 0.717) is 38.9 Å². The fourth-order valence-electron chi connectivity index (χ4n) is 3.84. The van der Waals surface area contributed by atoms with Crippen LogP contribution >= 0.6 is 35.0 Å². The number of ketones is 1. The van der Waals surface area contributed by atoms with E-state index in [9.17, 15) is 4.79 Å². The predicted molar refractivity (Wildman–Crippen MR) is 118 cm³/mol. The first-order valence-electron chi connectivity index (χ1n) is 9.58. The van der Waals surface area contributed by atoms with E-state index in [-0.39, 0.29) is 5.78 Å². The number of thioether (sulfide) groups is 1. The summed E-state index contributed by atoms with van der Waals surface area (Å²) in [5.74, 6) is 1.36. The van der Waals surface area contributed by atoms with Gasteiger partial charge in [-0.15, -0.1) is 5.10 Å². The Morgan fingerprint density at radius 1 is 1.17 bits per heavy atom. The smallest absolute Gasteiger partial charge is 0.227 e. The fraction of sp³-hybridized carbons (Fsp3) is 0.238. The van der Waals surface area contributed by atoms with E-state index >= 15 is 0 Å². The van der Waals surface area contributed by atoms with Crippen LogP contribution in [0.25, 0.3) is 0 Å². The van der Waals surface area contributed by atoms with Crippen LogP contribution in [0.3, 0.4) is 0 Å². The van der Waals surface area contributed by atoms with Crippen LogP contribution in [-0.2, 0) is 10.5 Å². The minimum Gasteiger partial charge on any atom is -0.328 e. The maximum atomic E-state index is 12.9. The summed E-state index contributed by atoms with van der Waals surface area (Å²) in [6, 6.07) is 10.8. The Morgan fingerprint density at radius 2 is 2.07 bits per heavy atom. The van der Waals surface area contributed by atoms with Gasteiger partial charge in [-0.3, -0.25) is 9.78 Å². The zero-order chi connectivity index (χ0) is 20.7. The molecule has 1 aliphatic heterocycles. The lowest BCUT2D eigenvalue weighted by atomic mass is 9.85. The van der Waals surface area contributed by atoms with Crippen LogP contribution in [0.1, 0.15) is 36.6 Å². The summed E-state index contributed by atoms with van der Waals surface area (Å²) in [7, 11) is 0. The summed E-state index contributed by atoms with van der Waals surface area (Å²) in [5, 5.41) is 9.52. The molecule has 6 nitrogen and oxygen atoms in total. The molecule has 0 radical (unpaired) electrons. The molecule has 3 heterocycles. The van der Waals surface area contributed by atoms with Gasteiger partial charge < -0.3 is 5.32 Å². The minimum absolute atomic E-state index is 0.105. The van der Waals surface area contributed by atoms with Crippen LogP contribution in [0.5, 0.6) is 0 Å². The average Bonchev–Trinajstić information content (AvgIpc) is 3.16. The zero-order valence-electron chi connectivity index (χ0n) is 15.8. The van der Waals surface area contributed by atoms with Crippen molar-refractivity contribution < 1.29 is 4.79 Å². The second-order valence-corrected chi connectivity index (χ2v) is 8.84. The lowest BCUT2D eigenvalue weighted by Crippen LogP contribution is -2.31. The van der Waals surface area contributed by atoms with Crippen LogP contribution in [-0.4, -0.2) is 25.5 Å². The average molecular weight is 458 g/mol. The molecule has 152 valence electrons. The number of hydrogen-bond acceptors (Lipinski definition) is 6. The van der Waals surface area contributed by atoms with Gasteiger partial charge in [-0.2, -0.15) is 4.98 Å². The Hall–Kier alpha value is -2.35. The molecule has 2 aliphatic rings. The normalized spacial score (nSPS) is 18.1. The van der Waals surface area contributed by atoms with E-state index in [4.69, 9.17) is 28.3 Å². The van der Waals surface area contributed by atoms with Gasteiger partial charge in [0.2, 0.25) is 11.1 Å². The monoisotopic (exact) mass is 457 g/mol. The van der Waals surface area contributed by atoms with Crippen LogP contribution in [0.15, 0.2) is 59.0 Å². The van der Waals surface area contributed by atoms with Crippen molar-refractivity contribution in [3.63, 3.8) is 0 Å². The number of anilines is 1. The largest absolute Gasteiger partial charge is 0.328 e. The second-order valence-electron chi connectivity index (χ2n) is 7.11. The molecule has 3 aromatic rings. The summed E-state index contributed by atoms with van der Waals surface area (Å²) in [5.41, 5.74) is 3.30. The highest BCUT2D eigenvalue weighted by Crippen LogP contribution is 2.43. The summed E-state index contributed by atoms with van der Waals surface area (Å²) >= 11 is 14.3. The van der Waals surface area contributed by atoms with Gasteiger partial charge >= 0.3 is 0 Å². The van der Waals surface area contributed by atoms with Crippen molar-refractivity contribution in [2.24, 2.45) is 0 Å². The number of aromatic nitrogens is 4. The lowest BCUT2D eigenvalue weighted by Gasteiger charge is -2.32. The highest BCUT2D eigenvalue weighted by atomic mass is 35.5. The molecule has 1 aliphatic carbocycles. The quantitative estimate of drug-likeness (QED) is 0.536. The van der Waals surface area contributed by atoms with Crippen molar-refractivity contribution in [2.75, 3.05) is 5.32 Å². The first kappa shape index (κ1) is 19.6. The van der Waals surface area contributed by atoms with Gasteiger partial charge in [-0.25, -0.2) is 4.68 Å². The van der Waals surface area contributed by atoms with Crippen LogP contribution in [0.2, 0.25) is 10.0 Å². The molecule has 1 atom stereocenters. The highest BCUT2D eigenvalue weighted by molar-refractivity contribution is 7.98. The number of fused-ring (bicyclic) bond motifs is 1. The minimum atomic E-state index is -0.452. The molecular weight excluding hydrogens is 441 g/mol. The SMILES string of the molecule is O=C1CCCC2=C1C(c1cccc(Cl)c1Cl)n1nc(SCc3ccccn3)nc1N2. The van der Waals surface area contributed by atoms with E-state index in [1.54, 1.807) is 16.9 Å². The van der Waals surface area contributed by atoms with E-state index < -0.39 is 6.04 Å². The molecule has 9 heteroatoms. The number of carbonyl (C=O) groups is 1. The fourth-order valence-corrected chi connectivity index (χ4v) is 4.99. The van der Waals surface area contributed by atoms with E-state index in [0.717, 1.165) is 29.8 Å². The molecule has 1 unspecified atom stereocenters. The first-order chi connectivity index (χ1) is 14.6. The molecule has 5 rings (SSSR count).